The van der Waals surface area contributed by atoms with Gasteiger partial charge in [0.05, 0.1) is 12.7 Å². The van der Waals surface area contributed by atoms with Crippen LogP contribution in [0.5, 0.6) is 0 Å². The number of H-pyrrole nitrogens is 1. The molecule has 41 heavy (non-hydrogen) atoms. The molecule has 0 fully saturated rings. The molecule has 0 saturated heterocycles. The maximum atomic E-state index is 13.5. The molecule has 0 aliphatic rings. The van der Waals surface area contributed by atoms with Gasteiger partial charge in [-0.15, -0.1) is 0 Å². The zero-order chi connectivity index (χ0) is 28.8. The third-order valence-corrected chi connectivity index (χ3v) is 7.96. The van der Waals surface area contributed by atoms with Crippen LogP contribution in [0, 0.1) is 0 Å². The van der Waals surface area contributed by atoms with Crippen LogP contribution in [-0.4, -0.2) is 43.5 Å². The summed E-state index contributed by atoms with van der Waals surface area (Å²) in [5.74, 6) is 0.0909. The van der Waals surface area contributed by atoms with Gasteiger partial charge < -0.3 is 20.5 Å². The number of hydrogen-bond acceptors (Lipinski definition) is 6. The number of nitrogens with zero attached hydrogens (tertiary/aromatic N) is 3. The number of rotatable bonds is 11. The Bertz CT molecular complexity index is 1730. The normalized spacial score (nSPS) is 12.6. The lowest BCUT2D eigenvalue weighted by Gasteiger charge is -2.15. The molecule has 0 radical (unpaired) electrons. The van der Waals surface area contributed by atoms with E-state index in [4.69, 9.17) is 0 Å². The highest BCUT2D eigenvalue weighted by Gasteiger charge is 2.16. The molecule has 2 aromatic carbocycles. The van der Waals surface area contributed by atoms with Crippen molar-refractivity contribution in [1.82, 2.24) is 24.8 Å². The smallest absolute Gasteiger partial charge is 0.277 e. The first-order valence-electron chi connectivity index (χ1n) is 13.2. The third-order valence-electron chi connectivity index (χ3n) is 6.71. The predicted octanol–water partition coefficient (Wildman–Crippen LogP) is 3.67. The van der Waals surface area contributed by atoms with Gasteiger partial charge in [-0.25, -0.2) is 4.98 Å². The van der Waals surface area contributed by atoms with Crippen LogP contribution in [0.1, 0.15) is 17.7 Å². The van der Waals surface area contributed by atoms with E-state index in [9.17, 15) is 19.0 Å². The number of fused-ring (bicyclic) bond motifs is 1. The molecule has 3 heterocycles. The first kappa shape index (κ1) is 28.0. The molecule has 0 spiro atoms. The predicted molar refractivity (Wildman–Crippen MR) is 161 cm³/mol. The van der Waals surface area contributed by atoms with Crippen molar-refractivity contribution in [2.24, 2.45) is 0 Å². The molecule has 1 unspecified atom stereocenters. The molecule has 11 heteroatoms. The van der Waals surface area contributed by atoms with Crippen LogP contribution in [0.3, 0.4) is 0 Å². The van der Waals surface area contributed by atoms with Crippen molar-refractivity contribution in [3.63, 3.8) is 0 Å². The van der Waals surface area contributed by atoms with E-state index in [0.717, 1.165) is 40.6 Å². The number of aromatic nitrogens is 4. The Kier molecular flexibility index (Phi) is 8.42. The SMILES string of the molecule is CP(=O)(O)c1ccc(CCCNc2cnc(-c3ccccc3)n(CC(=O)NCc3cc4cnccc4[nH]3)c2=O)cc1. The number of carbonyl (C=O) groups is 1. The summed E-state index contributed by atoms with van der Waals surface area (Å²) in [6.07, 6.45) is 6.41. The molecule has 5 aromatic rings. The summed E-state index contributed by atoms with van der Waals surface area (Å²) in [5.41, 5.74) is 3.50. The van der Waals surface area contributed by atoms with Crippen molar-refractivity contribution in [3.8, 4) is 11.4 Å². The topological polar surface area (TPSA) is 142 Å². The van der Waals surface area contributed by atoms with E-state index in [0.29, 0.717) is 23.4 Å². The Morgan fingerprint density at radius 2 is 1.85 bits per heavy atom. The standard InChI is InChI=1S/C30H31N6O4P/c1-41(39,40)25-11-9-21(10-12-25)6-5-14-32-27-19-34-29(22-7-3-2-4-8-22)36(30(27)38)20-28(37)33-18-24-16-23-17-31-15-13-26(23)35-24/h2-4,7-13,15-17,19,32,35H,5-6,14,18,20H2,1H3,(H,33,37)(H,39,40). The Morgan fingerprint density at radius 1 is 1.07 bits per heavy atom. The van der Waals surface area contributed by atoms with Crippen LogP contribution in [-0.2, 0) is 28.9 Å². The number of aromatic amines is 1. The van der Waals surface area contributed by atoms with Crippen LogP contribution in [0.15, 0.2) is 90.1 Å². The second kappa shape index (κ2) is 12.3. The van der Waals surface area contributed by atoms with Crippen molar-refractivity contribution in [2.45, 2.75) is 25.9 Å². The molecule has 0 bridgehead atoms. The Morgan fingerprint density at radius 3 is 2.59 bits per heavy atom. The highest BCUT2D eigenvalue weighted by molar-refractivity contribution is 7.65. The van der Waals surface area contributed by atoms with Crippen molar-refractivity contribution < 1.29 is 14.3 Å². The van der Waals surface area contributed by atoms with E-state index in [2.05, 4.69) is 25.6 Å². The first-order chi connectivity index (χ1) is 19.8. The summed E-state index contributed by atoms with van der Waals surface area (Å²) in [6.45, 7) is 1.92. The highest BCUT2D eigenvalue weighted by Crippen LogP contribution is 2.33. The van der Waals surface area contributed by atoms with Gasteiger partial charge in [0.2, 0.25) is 13.3 Å². The second-order valence-electron chi connectivity index (χ2n) is 9.86. The minimum absolute atomic E-state index is 0.189. The Labute approximate surface area is 237 Å². The van der Waals surface area contributed by atoms with Crippen molar-refractivity contribution in [3.05, 3.63) is 107 Å². The minimum atomic E-state index is -3.27. The number of hydrogen-bond donors (Lipinski definition) is 4. The average molecular weight is 571 g/mol. The fourth-order valence-corrected chi connectivity index (χ4v) is 5.26. The van der Waals surface area contributed by atoms with Crippen LogP contribution in [0.25, 0.3) is 22.3 Å². The van der Waals surface area contributed by atoms with Gasteiger partial charge in [-0.2, -0.15) is 0 Å². The molecule has 0 aliphatic carbocycles. The van der Waals surface area contributed by atoms with Gasteiger partial charge in [0.15, 0.2) is 0 Å². The van der Waals surface area contributed by atoms with Crippen LogP contribution in [0.4, 0.5) is 5.69 Å². The molecule has 1 amide bonds. The van der Waals surface area contributed by atoms with E-state index < -0.39 is 7.37 Å². The highest BCUT2D eigenvalue weighted by atomic mass is 31.2. The monoisotopic (exact) mass is 570 g/mol. The van der Waals surface area contributed by atoms with Gasteiger partial charge >= 0.3 is 0 Å². The summed E-state index contributed by atoms with van der Waals surface area (Å²) in [6, 6.07) is 20.1. The molecule has 3 aromatic heterocycles. The van der Waals surface area contributed by atoms with E-state index >= 15 is 0 Å². The van der Waals surface area contributed by atoms with Gasteiger partial charge in [-0.3, -0.25) is 23.7 Å². The fraction of sp³-hybridized carbons (Fsp3) is 0.200. The molecule has 210 valence electrons. The quantitative estimate of drug-likeness (QED) is 0.140. The number of benzene rings is 2. The summed E-state index contributed by atoms with van der Waals surface area (Å²) in [5, 5.41) is 7.42. The van der Waals surface area contributed by atoms with E-state index in [1.807, 2.05) is 54.6 Å². The van der Waals surface area contributed by atoms with Crippen LogP contribution < -0.4 is 21.5 Å². The average Bonchev–Trinajstić information content (AvgIpc) is 3.39. The zero-order valence-corrected chi connectivity index (χ0v) is 23.5. The Hall–Kier alpha value is -4.53. The minimum Gasteiger partial charge on any atom is -0.379 e. The number of aryl methyl sites for hydroxylation is 1. The lowest BCUT2D eigenvalue weighted by Crippen LogP contribution is -2.34. The van der Waals surface area contributed by atoms with Crippen molar-refractivity contribution >= 4 is 35.2 Å². The number of amides is 1. The molecular weight excluding hydrogens is 539 g/mol. The molecule has 10 nitrogen and oxygen atoms in total. The molecule has 0 saturated carbocycles. The number of anilines is 1. The Balaban J connectivity index is 1.26. The van der Waals surface area contributed by atoms with Crippen LogP contribution >= 0.6 is 7.37 Å². The van der Waals surface area contributed by atoms with Crippen molar-refractivity contribution in [2.75, 3.05) is 18.5 Å². The first-order valence-corrected chi connectivity index (χ1v) is 15.4. The van der Waals surface area contributed by atoms with Crippen LogP contribution in [0.2, 0.25) is 0 Å². The van der Waals surface area contributed by atoms with E-state index in [1.165, 1.54) is 17.4 Å². The van der Waals surface area contributed by atoms with Gasteiger partial charge in [-0.05, 0) is 42.7 Å². The number of nitrogens with one attached hydrogen (secondary N) is 3. The maximum absolute atomic E-state index is 13.5. The maximum Gasteiger partial charge on any atom is 0.277 e. The van der Waals surface area contributed by atoms with Gasteiger partial charge in [0, 0.05) is 53.1 Å². The molecule has 5 rings (SSSR count). The third kappa shape index (κ3) is 6.98. The second-order valence-corrected chi connectivity index (χ2v) is 12.1. The fourth-order valence-electron chi connectivity index (χ4n) is 4.55. The lowest BCUT2D eigenvalue weighted by molar-refractivity contribution is -0.121. The largest absolute Gasteiger partial charge is 0.379 e. The van der Waals surface area contributed by atoms with Crippen molar-refractivity contribution in [1.29, 1.82) is 0 Å². The van der Waals surface area contributed by atoms with E-state index in [1.54, 1.807) is 24.5 Å². The summed E-state index contributed by atoms with van der Waals surface area (Å²) < 4.78 is 13.2. The number of carbonyl (C=O) groups excluding carboxylic acids is 1. The molecular formula is C30H31N6O4P. The van der Waals surface area contributed by atoms with Gasteiger partial charge in [-0.1, -0.05) is 42.5 Å². The summed E-state index contributed by atoms with van der Waals surface area (Å²) in [4.78, 5) is 48.1. The lowest BCUT2D eigenvalue weighted by atomic mass is 10.1. The zero-order valence-electron chi connectivity index (χ0n) is 22.6. The molecule has 4 N–H and O–H groups in total. The number of pyridine rings is 1. The van der Waals surface area contributed by atoms with E-state index in [-0.39, 0.29) is 24.6 Å². The van der Waals surface area contributed by atoms with Gasteiger partial charge in [0.1, 0.15) is 18.1 Å². The van der Waals surface area contributed by atoms with Gasteiger partial charge in [0.25, 0.3) is 5.56 Å². The molecule has 0 aliphatic heterocycles. The molecule has 1 atom stereocenters. The summed E-state index contributed by atoms with van der Waals surface area (Å²) >= 11 is 0. The summed E-state index contributed by atoms with van der Waals surface area (Å²) in [7, 11) is -3.27.